The number of aldehydes is 2. The molecule has 2 atom stereocenters. The fourth-order valence-corrected chi connectivity index (χ4v) is 5.00. The number of thiazole rings is 1. The lowest BCUT2D eigenvalue weighted by atomic mass is 10.0. The summed E-state index contributed by atoms with van der Waals surface area (Å²) in [4.78, 5) is 39.8. The third-order valence-corrected chi connectivity index (χ3v) is 7.22. The van der Waals surface area contributed by atoms with Crippen LogP contribution in [0.4, 0.5) is 4.39 Å². The van der Waals surface area contributed by atoms with Crippen molar-refractivity contribution in [2.24, 2.45) is 0 Å². The molecule has 2 N–H and O–H groups in total. The summed E-state index contributed by atoms with van der Waals surface area (Å²) >= 11 is 6.13. The Labute approximate surface area is 236 Å². The lowest BCUT2D eigenvalue weighted by Crippen LogP contribution is -2.55. The highest BCUT2D eigenvalue weighted by Gasteiger charge is 2.38. The molecule has 0 radical (unpaired) electrons. The lowest BCUT2D eigenvalue weighted by molar-refractivity contribution is -0.137. The van der Waals surface area contributed by atoms with Crippen LogP contribution in [0.5, 0.6) is 0 Å². The van der Waals surface area contributed by atoms with Gasteiger partial charge in [0.15, 0.2) is 12.0 Å². The number of thiol groups is 1. The molecule has 212 valence electrons. The van der Waals surface area contributed by atoms with Crippen molar-refractivity contribution in [3.8, 4) is 10.4 Å². The summed E-state index contributed by atoms with van der Waals surface area (Å²) < 4.78 is 11.3. The smallest absolute Gasteiger partial charge is 0.241 e. The van der Waals surface area contributed by atoms with E-state index in [1.165, 1.54) is 35.4 Å². The van der Waals surface area contributed by atoms with Crippen molar-refractivity contribution in [1.82, 2.24) is 20.5 Å². The van der Waals surface area contributed by atoms with Crippen LogP contribution < -0.4 is 10.6 Å². The standard InChI is InChI=1S/C13H16N2S.C11H20N2O2S.C4H7FO/c1-9-6-11(4-5-12(9)7-14-3)13-10(2)15-8-16-13;1-11(2,16)9(12-3)10(15)13-6-4-5-8(13)7-14;1-4(2,5)3-6/h4-6,8,14H,7H2,1-3H3;7-9,12,16H,4-6H2,1-3H3;3H,1-2H3/t;8-,9+;/m.0./s1. The van der Waals surface area contributed by atoms with E-state index < -0.39 is 10.4 Å². The summed E-state index contributed by atoms with van der Waals surface area (Å²) in [5.74, 6) is -0.0305. The van der Waals surface area contributed by atoms with Gasteiger partial charge in [-0.1, -0.05) is 18.2 Å². The van der Waals surface area contributed by atoms with Crippen LogP contribution in [0.1, 0.15) is 57.4 Å². The van der Waals surface area contributed by atoms with Crippen molar-refractivity contribution in [2.45, 2.75) is 83.4 Å². The van der Waals surface area contributed by atoms with Crippen molar-refractivity contribution in [2.75, 3.05) is 20.6 Å². The molecule has 0 unspecified atom stereocenters. The Kier molecular flexibility index (Phi) is 13.8. The number of aryl methyl sites for hydroxylation is 2. The maximum absolute atomic E-state index is 12.2. The number of halogens is 1. The largest absolute Gasteiger partial charge is 0.332 e. The molecule has 0 bridgehead atoms. The first kappa shape index (κ1) is 33.9. The van der Waals surface area contributed by atoms with Crippen LogP contribution in [0.3, 0.4) is 0 Å². The van der Waals surface area contributed by atoms with E-state index >= 15 is 0 Å². The molecule has 1 amide bonds. The number of aromatic nitrogens is 1. The monoisotopic (exact) mass is 566 g/mol. The number of benzene rings is 1. The normalized spacial score (nSPS) is 16.1. The molecule has 7 nitrogen and oxygen atoms in total. The van der Waals surface area contributed by atoms with E-state index in [0.29, 0.717) is 6.54 Å². The number of rotatable bonds is 8. The van der Waals surface area contributed by atoms with Gasteiger partial charge >= 0.3 is 0 Å². The molecule has 0 aliphatic carbocycles. The van der Waals surface area contributed by atoms with Gasteiger partial charge in [-0.2, -0.15) is 12.6 Å². The molecular formula is C28H43FN4O3S2. The van der Waals surface area contributed by atoms with Gasteiger partial charge in [-0.15, -0.1) is 11.3 Å². The van der Waals surface area contributed by atoms with Gasteiger partial charge < -0.3 is 20.3 Å². The first-order chi connectivity index (χ1) is 17.7. The number of nitrogens with one attached hydrogen (secondary N) is 2. The highest BCUT2D eigenvalue weighted by atomic mass is 32.1. The second-order valence-electron chi connectivity index (χ2n) is 10.4. The Balaban J connectivity index is 0.000000315. The van der Waals surface area contributed by atoms with Crippen molar-refractivity contribution in [1.29, 1.82) is 0 Å². The van der Waals surface area contributed by atoms with E-state index in [0.717, 1.165) is 31.4 Å². The zero-order chi connectivity index (χ0) is 29.1. The second kappa shape index (κ2) is 15.5. The molecule has 1 fully saturated rings. The maximum atomic E-state index is 12.2. The van der Waals surface area contributed by atoms with Crippen LogP contribution in [-0.4, -0.2) is 71.5 Å². The summed E-state index contributed by atoms with van der Waals surface area (Å²) in [6.45, 7) is 12.0. The predicted molar refractivity (Wildman–Crippen MR) is 158 cm³/mol. The van der Waals surface area contributed by atoms with Crippen LogP contribution in [0.15, 0.2) is 23.7 Å². The fraction of sp³-hybridized carbons (Fsp3) is 0.571. The van der Waals surface area contributed by atoms with Gasteiger partial charge in [0.2, 0.25) is 5.91 Å². The number of carbonyl (C=O) groups is 3. The second-order valence-corrected chi connectivity index (χ2v) is 12.4. The van der Waals surface area contributed by atoms with Crippen molar-refractivity contribution in [3.05, 3.63) is 40.5 Å². The van der Waals surface area contributed by atoms with Gasteiger partial charge in [-0.3, -0.25) is 9.59 Å². The number of alkyl halides is 1. The fourth-order valence-electron chi connectivity index (χ4n) is 3.96. The zero-order valence-electron chi connectivity index (χ0n) is 23.8. The molecule has 1 aliphatic heterocycles. The highest BCUT2D eigenvalue weighted by Crippen LogP contribution is 2.28. The SMILES string of the molecule is CC(C)(F)C=O.CNCc1ccc(-c2scnc2C)cc1C.CN[C@H](C(=O)N1CCC[C@H]1C=O)C(C)(C)S. The summed E-state index contributed by atoms with van der Waals surface area (Å²) in [5, 5.41) is 6.16. The number of likely N-dealkylation sites (N-methyl/N-ethyl adjacent to an activating group) is 1. The third kappa shape index (κ3) is 10.6. The number of likely N-dealkylation sites (tertiary alicyclic amines) is 1. The number of hydrogen-bond acceptors (Lipinski definition) is 8. The molecular weight excluding hydrogens is 523 g/mol. The first-order valence-corrected chi connectivity index (χ1v) is 14.0. The van der Waals surface area contributed by atoms with Gasteiger partial charge in [-0.05, 0) is 85.2 Å². The Morgan fingerprint density at radius 3 is 2.32 bits per heavy atom. The zero-order valence-corrected chi connectivity index (χ0v) is 25.5. The Morgan fingerprint density at radius 1 is 1.26 bits per heavy atom. The Morgan fingerprint density at radius 2 is 1.89 bits per heavy atom. The quantitative estimate of drug-likeness (QED) is 0.321. The van der Waals surface area contributed by atoms with Gasteiger partial charge in [0.1, 0.15) is 12.3 Å². The van der Waals surface area contributed by atoms with Gasteiger partial charge in [0, 0.05) is 17.8 Å². The van der Waals surface area contributed by atoms with Crippen molar-refractivity contribution < 1.29 is 18.8 Å². The van der Waals surface area contributed by atoms with E-state index in [2.05, 4.69) is 60.3 Å². The van der Waals surface area contributed by atoms with Gasteiger partial charge in [0.05, 0.1) is 22.1 Å². The number of nitrogens with zero attached hydrogens (tertiary/aromatic N) is 2. The molecule has 3 rings (SSSR count). The molecule has 38 heavy (non-hydrogen) atoms. The van der Waals surface area contributed by atoms with E-state index in [9.17, 15) is 18.8 Å². The molecule has 10 heteroatoms. The minimum Gasteiger partial charge on any atom is -0.332 e. The van der Waals surface area contributed by atoms with Crippen LogP contribution >= 0.6 is 24.0 Å². The first-order valence-electron chi connectivity index (χ1n) is 12.6. The predicted octanol–water partition coefficient (Wildman–Crippen LogP) is 4.55. The van der Waals surface area contributed by atoms with Crippen molar-refractivity contribution in [3.63, 3.8) is 0 Å². The van der Waals surface area contributed by atoms with Crippen LogP contribution in [0.2, 0.25) is 0 Å². The van der Waals surface area contributed by atoms with E-state index in [1.807, 2.05) is 26.4 Å². The molecule has 1 aromatic carbocycles. The number of hydrogen-bond donors (Lipinski definition) is 3. The van der Waals surface area contributed by atoms with E-state index in [-0.39, 0.29) is 24.3 Å². The Bertz CT molecular complexity index is 1050. The molecule has 1 aromatic heterocycles. The van der Waals surface area contributed by atoms with Gasteiger partial charge in [0.25, 0.3) is 0 Å². The average molecular weight is 567 g/mol. The molecule has 0 saturated carbocycles. The number of carbonyl (C=O) groups excluding carboxylic acids is 3. The summed E-state index contributed by atoms with van der Waals surface area (Å²) in [6, 6.07) is 6.00. The highest BCUT2D eigenvalue weighted by molar-refractivity contribution is 7.81. The van der Waals surface area contributed by atoms with E-state index in [1.54, 1.807) is 23.3 Å². The molecule has 1 aliphatic rings. The molecule has 2 aromatic rings. The lowest BCUT2D eigenvalue weighted by Gasteiger charge is -2.33. The third-order valence-electron chi connectivity index (χ3n) is 5.98. The maximum Gasteiger partial charge on any atom is 0.241 e. The minimum absolute atomic E-state index is 0.0305. The van der Waals surface area contributed by atoms with Crippen molar-refractivity contribution >= 4 is 42.4 Å². The summed E-state index contributed by atoms with van der Waals surface area (Å²) in [7, 11) is 3.72. The van der Waals surface area contributed by atoms with Crippen LogP contribution in [-0.2, 0) is 20.9 Å². The summed E-state index contributed by atoms with van der Waals surface area (Å²) in [5.41, 5.74) is 5.35. The summed E-state index contributed by atoms with van der Waals surface area (Å²) in [6.07, 6.45) is 2.81. The number of amides is 1. The van der Waals surface area contributed by atoms with Crippen LogP contribution in [0.25, 0.3) is 10.4 Å². The Hall–Kier alpha value is -2.14. The van der Waals surface area contributed by atoms with E-state index in [4.69, 9.17) is 0 Å². The molecule has 0 spiro atoms. The van der Waals surface area contributed by atoms with Gasteiger partial charge in [-0.25, -0.2) is 9.37 Å². The average Bonchev–Trinajstić information content (AvgIpc) is 3.49. The molecule has 2 heterocycles. The topological polar surface area (TPSA) is 91.4 Å². The molecule has 1 saturated heterocycles. The van der Waals surface area contributed by atoms with Crippen LogP contribution in [0, 0.1) is 13.8 Å². The minimum atomic E-state index is -1.64.